The predicted octanol–water partition coefficient (Wildman–Crippen LogP) is 2.44. The topological polar surface area (TPSA) is 47.2 Å². The fourth-order valence-electron chi connectivity index (χ4n) is 1.93. The van der Waals surface area contributed by atoms with Gasteiger partial charge < -0.3 is 5.73 Å². The number of hydrogen-bond donors (Lipinski definition) is 1. The second-order valence-electron chi connectivity index (χ2n) is 4.06. The number of hydrogen-bond acceptors (Lipinski definition) is 3. The van der Waals surface area contributed by atoms with Gasteiger partial charge >= 0.3 is 0 Å². The highest BCUT2D eigenvalue weighted by molar-refractivity contribution is 7.20. The first-order valence-corrected chi connectivity index (χ1v) is 6.47. The molecule has 3 nitrogen and oxygen atoms in total. The fourth-order valence-corrected chi connectivity index (χ4v) is 2.84. The van der Waals surface area contributed by atoms with Crippen LogP contribution >= 0.6 is 11.3 Å². The molecule has 19 heavy (non-hydrogen) atoms. The number of nitrogen functional groups attached to an aromatic ring is 1. The molecule has 0 unspecified atom stereocenters. The Morgan fingerprint density at radius 2 is 1.89 bits per heavy atom. The normalized spacial score (nSPS) is 10.8. The van der Waals surface area contributed by atoms with Crippen molar-refractivity contribution in [3.8, 4) is 0 Å². The third kappa shape index (κ3) is 1.98. The van der Waals surface area contributed by atoms with Gasteiger partial charge in [0, 0.05) is 17.7 Å². The van der Waals surface area contributed by atoms with Gasteiger partial charge in [-0.2, -0.15) is 0 Å². The van der Waals surface area contributed by atoms with Gasteiger partial charge in [0.15, 0.2) is 11.2 Å². The molecule has 0 amide bonds. The molecule has 0 aliphatic carbocycles. The van der Waals surface area contributed by atoms with Crippen LogP contribution in [-0.4, -0.2) is 5.78 Å². The Morgan fingerprint density at radius 1 is 1.16 bits per heavy atom. The van der Waals surface area contributed by atoms with Crippen molar-refractivity contribution >= 4 is 27.0 Å². The summed E-state index contributed by atoms with van der Waals surface area (Å²) in [7, 11) is 0. The van der Waals surface area contributed by atoms with E-state index in [1.54, 1.807) is 10.6 Å². The molecule has 94 valence electrons. The van der Waals surface area contributed by atoms with E-state index in [9.17, 15) is 9.18 Å². The number of thiazole rings is 1. The first kappa shape index (κ1) is 11.8. The van der Waals surface area contributed by atoms with E-state index in [1.807, 2.05) is 18.2 Å². The molecule has 5 heteroatoms. The number of nitrogens with two attached hydrogens (primary N) is 1. The molecule has 0 fully saturated rings. The minimum Gasteiger partial charge on any atom is -0.385 e. The van der Waals surface area contributed by atoms with Crippen LogP contribution in [0.2, 0.25) is 0 Å². The molecule has 0 spiro atoms. The number of pyridine rings is 1. The summed E-state index contributed by atoms with van der Waals surface area (Å²) in [5.41, 5.74) is 6.77. The average Bonchev–Trinajstić information content (AvgIpc) is 2.74. The van der Waals surface area contributed by atoms with Crippen molar-refractivity contribution < 1.29 is 13.6 Å². The lowest BCUT2D eigenvalue weighted by molar-refractivity contribution is -0.509. The van der Waals surface area contributed by atoms with Gasteiger partial charge in [-0.25, -0.2) is 4.39 Å². The molecular formula is C14H10FN2OS+. The molecule has 2 heterocycles. The summed E-state index contributed by atoms with van der Waals surface area (Å²) in [6, 6.07) is 11.1. The number of benzene rings is 1. The summed E-state index contributed by atoms with van der Waals surface area (Å²) in [6.45, 7) is 0. The van der Waals surface area contributed by atoms with Crippen molar-refractivity contribution in [2.24, 2.45) is 0 Å². The number of ketones is 1. The molecule has 0 saturated carbocycles. The number of rotatable bonds is 2. The number of anilines is 1. The van der Waals surface area contributed by atoms with Crippen LogP contribution in [0, 0.1) is 5.82 Å². The van der Waals surface area contributed by atoms with Crippen molar-refractivity contribution in [1.29, 1.82) is 0 Å². The highest BCUT2D eigenvalue weighted by atomic mass is 32.1. The molecule has 3 aromatic rings. The van der Waals surface area contributed by atoms with Gasteiger partial charge in [-0.15, -0.1) is 4.40 Å². The Labute approximate surface area is 112 Å². The fraction of sp³-hybridized carbons (Fsp3) is 0. The zero-order valence-corrected chi connectivity index (χ0v) is 10.7. The number of nitrogens with zero attached hydrogens (tertiary/aromatic N) is 1. The van der Waals surface area contributed by atoms with E-state index in [1.165, 1.54) is 35.6 Å². The van der Waals surface area contributed by atoms with Crippen LogP contribution in [0.15, 0.2) is 48.7 Å². The number of halogens is 1. The molecule has 0 aliphatic heterocycles. The Bertz CT molecular complexity index is 765. The van der Waals surface area contributed by atoms with E-state index in [0.717, 1.165) is 4.83 Å². The van der Waals surface area contributed by atoms with Crippen molar-refractivity contribution in [3.05, 3.63) is 65.7 Å². The number of carbonyl (C=O) groups is 1. The van der Waals surface area contributed by atoms with Crippen LogP contribution in [0.25, 0.3) is 4.83 Å². The summed E-state index contributed by atoms with van der Waals surface area (Å²) in [5.74, 6) is -0.577. The van der Waals surface area contributed by atoms with Gasteiger partial charge in [-0.05, 0) is 41.7 Å². The largest absolute Gasteiger partial charge is 0.385 e. The third-order valence-electron chi connectivity index (χ3n) is 2.83. The molecule has 2 aromatic heterocycles. The lowest BCUT2D eigenvalue weighted by Crippen LogP contribution is -2.28. The molecule has 2 N–H and O–H groups in total. The minimum absolute atomic E-state index is 0.208. The zero-order chi connectivity index (χ0) is 13.4. The highest BCUT2D eigenvalue weighted by Crippen LogP contribution is 2.22. The van der Waals surface area contributed by atoms with Gasteiger partial charge in [0.1, 0.15) is 5.82 Å². The van der Waals surface area contributed by atoms with Crippen LogP contribution in [0.5, 0.6) is 0 Å². The van der Waals surface area contributed by atoms with Crippen LogP contribution in [-0.2, 0) is 0 Å². The van der Waals surface area contributed by atoms with Gasteiger partial charge in [0.2, 0.25) is 0 Å². The van der Waals surface area contributed by atoms with Crippen LogP contribution in [0.4, 0.5) is 9.39 Å². The molecule has 0 radical (unpaired) electrons. The number of aromatic nitrogens is 1. The molecular weight excluding hydrogens is 263 g/mol. The van der Waals surface area contributed by atoms with E-state index in [2.05, 4.69) is 0 Å². The van der Waals surface area contributed by atoms with Crippen molar-refractivity contribution in [1.82, 2.24) is 0 Å². The third-order valence-corrected chi connectivity index (χ3v) is 3.79. The Kier molecular flexibility index (Phi) is 2.76. The maximum Gasteiger partial charge on any atom is 0.293 e. The van der Waals surface area contributed by atoms with Gasteiger partial charge in [0.25, 0.3) is 16.3 Å². The van der Waals surface area contributed by atoms with Crippen LogP contribution in [0.3, 0.4) is 0 Å². The highest BCUT2D eigenvalue weighted by Gasteiger charge is 2.26. The monoisotopic (exact) mass is 273 g/mol. The number of fused-ring (bicyclic) bond motifs is 1. The van der Waals surface area contributed by atoms with Crippen LogP contribution in [0.1, 0.15) is 16.1 Å². The van der Waals surface area contributed by atoms with Gasteiger partial charge in [-0.3, -0.25) is 4.79 Å². The van der Waals surface area contributed by atoms with Crippen molar-refractivity contribution in [2.75, 3.05) is 5.73 Å². The second-order valence-corrected chi connectivity index (χ2v) is 5.12. The maximum atomic E-state index is 12.9. The average molecular weight is 273 g/mol. The van der Waals surface area contributed by atoms with E-state index >= 15 is 0 Å². The molecule has 0 aliphatic rings. The van der Waals surface area contributed by atoms with Gasteiger partial charge in [0.05, 0.1) is 0 Å². The Morgan fingerprint density at radius 3 is 2.63 bits per heavy atom. The molecule has 0 atom stereocenters. The summed E-state index contributed by atoms with van der Waals surface area (Å²) in [5, 5.41) is 0.459. The predicted molar refractivity (Wildman–Crippen MR) is 71.7 cm³/mol. The molecule has 0 bridgehead atoms. The molecule has 0 saturated heterocycles. The zero-order valence-electron chi connectivity index (χ0n) is 9.84. The Balaban J connectivity index is 2.16. The van der Waals surface area contributed by atoms with E-state index in [0.29, 0.717) is 16.3 Å². The summed E-state index contributed by atoms with van der Waals surface area (Å²) in [6.07, 6.45) is 1.79. The number of carbonyl (C=O) groups excluding carboxylic acids is 1. The summed E-state index contributed by atoms with van der Waals surface area (Å²) < 4.78 is 14.6. The molecule has 1 aromatic carbocycles. The first-order valence-electron chi connectivity index (χ1n) is 5.66. The quantitative estimate of drug-likeness (QED) is 0.576. The van der Waals surface area contributed by atoms with E-state index in [-0.39, 0.29) is 11.6 Å². The van der Waals surface area contributed by atoms with E-state index < -0.39 is 0 Å². The SMILES string of the molecule is Nc1sc2cccc[n+]2c1C(=O)c1ccc(F)cc1. The van der Waals surface area contributed by atoms with E-state index in [4.69, 9.17) is 5.73 Å². The lowest BCUT2D eigenvalue weighted by atomic mass is 10.1. The second kappa shape index (κ2) is 4.44. The lowest BCUT2D eigenvalue weighted by Gasteiger charge is -1.96. The van der Waals surface area contributed by atoms with Gasteiger partial charge in [-0.1, -0.05) is 0 Å². The Hall–Kier alpha value is -2.27. The van der Waals surface area contributed by atoms with Crippen LogP contribution < -0.4 is 10.1 Å². The maximum absolute atomic E-state index is 12.9. The van der Waals surface area contributed by atoms with Crippen molar-refractivity contribution in [2.45, 2.75) is 0 Å². The smallest absolute Gasteiger partial charge is 0.293 e. The first-order chi connectivity index (χ1) is 9.16. The molecule has 3 rings (SSSR count). The minimum atomic E-state index is -0.368. The van der Waals surface area contributed by atoms with Crippen molar-refractivity contribution in [3.63, 3.8) is 0 Å². The standard InChI is InChI=1S/C14H9FN2OS/c15-10-6-4-9(5-7-10)13(18)12-14(16)19-11-3-1-2-8-17(11)12/h1-8H,(H-,16,18)/p+1. The summed E-state index contributed by atoms with van der Waals surface area (Å²) >= 11 is 1.35. The summed E-state index contributed by atoms with van der Waals surface area (Å²) in [4.78, 5) is 13.3.